The predicted octanol–water partition coefficient (Wildman–Crippen LogP) is 4.45. The largest absolute Gasteiger partial charge is 0.311 e. The van der Waals surface area contributed by atoms with Gasteiger partial charge in [-0.1, -0.05) is 59.3 Å². The molecular formula is C17H13ClN2OS. The summed E-state index contributed by atoms with van der Waals surface area (Å²) in [5.74, 6) is -0.361. The minimum atomic E-state index is -0.361. The van der Waals surface area contributed by atoms with E-state index in [-0.39, 0.29) is 16.0 Å². The molecule has 0 radical (unpaired) electrons. The topological polar surface area (TPSA) is 52.9 Å². The van der Waals surface area contributed by atoms with Crippen molar-refractivity contribution in [3.05, 3.63) is 75.8 Å². The molecule has 0 saturated carbocycles. The summed E-state index contributed by atoms with van der Waals surface area (Å²) in [5, 5.41) is 11.7. The molecule has 1 N–H and O–H groups in total. The van der Waals surface area contributed by atoms with Crippen LogP contribution in [-0.4, -0.2) is 5.91 Å². The van der Waals surface area contributed by atoms with E-state index >= 15 is 0 Å². The van der Waals surface area contributed by atoms with E-state index in [4.69, 9.17) is 11.6 Å². The Balaban J connectivity index is 2.14. The fourth-order valence-corrected chi connectivity index (χ4v) is 2.69. The molecule has 3 nitrogen and oxygen atoms in total. The van der Waals surface area contributed by atoms with Crippen molar-refractivity contribution in [2.24, 2.45) is 0 Å². The summed E-state index contributed by atoms with van der Waals surface area (Å²) in [4.78, 5) is 13.0. The molecule has 2 rings (SSSR count). The second-order valence-electron chi connectivity index (χ2n) is 4.50. The van der Waals surface area contributed by atoms with Gasteiger partial charge in [0.25, 0.3) is 5.91 Å². The van der Waals surface area contributed by atoms with Crippen molar-refractivity contribution in [2.75, 3.05) is 0 Å². The number of allylic oxidation sites excluding steroid dienone is 1. The van der Waals surface area contributed by atoms with Crippen molar-refractivity contribution in [3.8, 4) is 6.07 Å². The third-order valence-electron chi connectivity index (χ3n) is 2.81. The van der Waals surface area contributed by atoms with Gasteiger partial charge in [0.15, 0.2) is 0 Å². The summed E-state index contributed by atoms with van der Waals surface area (Å²) in [6.07, 6.45) is 0. The Hall–Kier alpha value is -2.22. The van der Waals surface area contributed by atoms with E-state index in [0.717, 1.165) is 10.5 Å². The molecule has 5 heteroatoms. The lowest BCUT2D eigenvalue weighted by molar-refractivity contribution is 0.0967. The first kappa shape index (κ1) is 16.2. The zero-order valence-corrected chi connectivity index (χ0v) is 13.4. The molecule has 0 saturated heterocycles. The Kier molecular flexibility index (Phi) is 5.65. The summed E-state index contributed by atoms with van der Waals surface area (Å²) in [5.41, 5.74) is 1.66. The fourth-order valence-electron chi connectivity index (χ4n) is 1.66. The van der Waals surface area contributed by atoms with Crippen LogP contribution in [0.4, 0.5) is 0 Å². The molecular weight excluding hydrogens is 316 g/mol. The average molecular weight is 329 g/mol. The van der Waals surface area contributed by atoms with Gasteiger partial charge in [0.05, 0.1) is 0 Å². The number of carbonyl (C=O) groups is 1. The highest BCUT2D eigenvalue weighted by atomic mass is 35.5. The van der Waals surface area contributed by atoms with Gasteiger partial charge in [0, 0.05) is 10.5 Å². The molecule has 0 heterocycles. The smallest absolute Gasteiger partial charge is 0.256 e. The maximum absolute atomic E-state index is 12.1. The van der Waals surface area contributed by atoms with Crippen LogP contribution in [0.3, 0.4) is 0 Å². The van der Waals surface area contributed by atoms with E-state index in [2.05, 4.69) is 5.32 Å². The van der Waals surface area contributed by atoms with Gasteiger partial charge >= 0.3 is 0 Å². The number of halogens is 1. The lowest BCUT2D eigenvalue weighted by Gasteiger charge is -2.06. The summed E-state index contributed by atoms with van der Waals surface area (Å²) >= 11 is 7.39. The number of nitrogens with one attached hydrogen (secondary N) is 1. The molecule has 0 aliphatic carbocycles. The molecule has 22 heavy (non-hydrogen) atoms. The summed E-state index contributed by atoms with van der Waals surface area (Å²) in [6.45, 7) is 1.99. The zero-order chi connectivity index (χ0) is 15.9. The Morgan fingerprint density at radius 3 is 2.36 bits per heavy atom. The molecule has 0 fully saturated rings. The third-order valence-corrected chi connectivity index (χ3v) is 4.12. The first-order chi connectivity index (χ1) is 10.6. The van der Waals surface area contributed by atoms with Gasteiger partial charge in [-0.15, -0.1) is 0 Å². The number of hydrogen-bond acceptors (Lipinski definition) is 3. The van der Waals surface area contributed by atoms with Gasteiger partial charge in [0.1, 0.15) is 16.1 Å². The quantitative estimate of drug-likeness (QED) is 0.666. The maximum Gasteiger partial charge on any atom is 0.256 e. The van der Waals surface area contributed by atoms with Crippen molar-refractivity contribution >= 4 is 29.3 Å². The number of nitriles is 1. The summed E-state index contributed by atoms with van der Waals surface area (Å²) in [6, 6.07) is 18.4. The van der Waals surface area contributed by atoms with E-state index < -0.39 is 0 Å². The number of carbonyl (C=O) groups excluding carboxylic acids is 1. The zero-order valence-electron chi connectivity index (χ0n) is 11.8. The van der Waals surface area contributed by atoms with E-state index in [1.54, 1.807) is 24.3 Å². The van der Waals surface area contributed by atoms with Gasteiger partial charge in [-0.2, -0.15) is 5.26 Å². The molecule has 0 atom stereocenters. The number of benzene rings is 2. The van der Waals surface area contributed by atoms with Crippen molar-refractivity contribution in [1.29, 1.82) is 5.26 Å². The highest BCUT2D eigenvalue weighted by Crippen LogP contribution is 2.31. The maximum atomic E-state index is 12.1. The molecule has 0 aliphatic heterocycles. The Labute approximate surface area is 138 Å². The Morgan fingerprint density at radius 1 is 1.14 bits per heavy atom. The monoisotopic (exact) mass is 328 g/mol. The van der Waals surface area contributed by atoms with E-state index in [1.807, 2.05) is 43.3 Å². The number of rotatable bonds is 4. The minimum absolute atomic E-state index is 0.0427. The number of amides is 1. The minimum Gasteiger partial charge on any atom is -0.311 e. The van der Waals surface area contributed by atoms with Crippen LogP contribution in [0, 0.1) is 18.3 Å². The second kappa shape index (κ2) is 7.69. The van der Waals surface area contributed by atoms with Crippen LogP contribution in [0.25, 0.3) is 0 Å². The number of thioether (sulfide) groups is 1. The van der Waals surface area contributed by atoms with E-state index in [9.17, 15) is 10.1 Å². The van der Waals surface area contributed by atoms with E-state index in [1.165, 1.54) is 11.8 Å². The molecule has 0 aliphatic rings. The number of aryl methyl sites for hydroxylation is 1. The predicted molar refractivity (Wildman–Crippen MR) is 89.4 cm³/mol. The normalized spacial score (nSPS) is 11.3. The first-order valence-corrected chi connectivity index (χ1v) is 7.70. The standard InChI is InChI=1S/C17H13ClN2OS/c1-12-7-9-14(10-8-12)22-16(18)15(11-19)20-17(21)13-5-3-2-4-6-13/h2-10H,1H3,(H,20,21). The third kappa shape index (κ3) is 4.39. The van der Waals surface area contributed by atoms with Crippen LogP contribution in [-0.2, 0) is 0 Å². The highest BCUT2D eigenvalue weighted by Gasteiger charge is 2.11. The number of nitrogens with zero attached hydrogens (tertiary/aromatic N) is 1. The van der Waals surface area contributed by atoms with E-state index in [0.29, 0.717) is 5.56 Å². The van der Waals surface area contributed by atoms with Crippen LogP contribution in [0.15, 0.2) is 69.6 Å². The molecule has 110 valence electrons. The van der Waals surface area contributed by atoms with Crippen molar-refractivity contribution < 1.29 is 4.79 Å². The Bertz CT molecular complexity index is 734. The lowest BCUT2D eigenvalue weighted by atomic mass is 10.2. The fraction of sp³-hybridized carbons (Fsp3) is 0.0588. The van der Waals surface area contributed by atoms with Crippen LogP contribution in [0.1, 0.15) is 15.9 Å². The molecule has 2 aromatic carbocycles. The SMILES string of the molecule is Cc1ccc(SC(Cl)=C(C#N)NC(=O)c2ccccc2)cc1. The molecule has 2 aromatic rings. The first-order valence-electron chi connectivity index (χ1n) is 6.51. The van der Waals surface area contributed by atoms with Gasteiger partial charge < -0.3 is 5.32 Å². The second-order valence-corrected chi connectivity index (χ2v) is 6.18. The summed E-state index contributed by atoms with van der Waals surface area (Å²) in [7, 11) is 0. The molecule has 0 bridgehead atoms. The van der Waals surface area contributed by atoms with Crippen LogP contribution < -0.4 is 5.32 Å². The lowest BCUT2D eigenvalue weighted by Crippen LogP contribution is -2.22. The number of hydrogen-bond donors (Lipinski definition) is 1. The van der Waals surface area contributed by atoms with Crippen molar-refractivity contribution in [3.63, 3.8) is 0 Å². The van der Waals surface area contributed by atoms with Gasteiger partial charge in [-0.05, 0) is 31.2 Å². The molecule has 0 aromatic heterocycles. The highest BCUT2D eigenvalue weighted by molar-refractivity contribution is 8.04. The molecule has 1 amide bonds. The Morgan fingerprint density at radius 2 is 1.77 bits per heavy atom. The van der Waals surface area contributed by atoms with Crippen molar-refractivity contribution in [2.45, 2.75) is 11.8 Å². The summed E-state index contributed by atoms with van der Waals surface area (Å²) < 4.78 is 0.232. The molecule has 0 unspecified atom stereocenters. The van der Waals surface area contributed by atoms with Crippen LogP contribution in [0.5, 0.6) is 0 Å². The van der Waals surface area contributed by atoms with Crippen LogP contribution >= 0.6 is 23.4 Å². The van der Waals surface area contributed by atoms with Gasteiger partial charge in [0.2, 0.25) is 0 Å². The van der Waals surface area contributed by atoms with Crippen LogP contribution in [0.2, 0.25) is 0 Å². The van der Waals surface area contributed by atoms with Crippen molar-refractivity contribution in [1.82, 2.24) is 5.32 Å². The van der Waals surface area contributed by atoms with Gasteiger partial charge in [-0.25, -0.2) is 0 Å². The average Bonchev–Trinajstić information content (AvgIpc) is 2.55. The molecule has 0 spiro atoms. The van der Waals surface area contributed by atoms with Gasteiger partial charge in [-0.3, -0.25) is 4.79 Å².